The number of rotatable bonds is 23. The molecular weight excluding hydrogens is 660 g/mol. The van der Waals surface area contributed by atoms with E-state index in [1.54, 1.807) is 0 Å². The van der Waals surface area contributed by atoms with Crippen molar-refractivity contribution in [1.82, 2.24) is 25.5 Å². The third kappa shape index (κ3) is 13.5. The minimum absolute atomic E-state index is 0.00973. The molecule has 0 bridgehead atoms. The van der Waals surface area contributed by atoms with Gasteiger partial charge >= 0.3 is 0 Å². The van der Waals surface area contributed by atoms with Crippen LogP contribution in [0.15, 0.2) is 17.7 Å². The number of aliphatic hydroxyl groups is 6. The van der Waals surface area contributed by atoms with Crippen LogP contribution in [0.5, 0.6) is 0 Å². The summed E-state index contributed by atoms with van der Waals surface area (Å²) in [4.78, 5) is 78.5. The summed E-state index contributed by atoms with van der Waals surface area (Å²) in [6, 6.07) is -1.71. The number of amides is 3. The van der Waals surface area contributed by atoms with Gasteiger partial charge in [0.2, 0.25) is 17.7 Å². The van der Waals surface area contributed by atoms with Crippen molar-refractivity contribution in [2.45, 2.75) is 95.8 Å². The molecule has 0 saturated carbocycles. The molecule has 4 unspecified atom stereocenters. The van der Waals surface area contributed by atoms with Gasteiger partial charge in [-0.3, -0.25) is 24.0 Å². The van der Waals surface area contributed by atoms with Gasteiger partial charge < -0.3 is 56.0 Å². The predicted octanol–water partition coefficient (Wildman–Crippen LogP) is -2.81. The van der Waals surface area contributed by atoms with Crippen molar-refractivity contribution in [2.75, 3.05) is 32.9 Å². The monoisotopic (exact) mass is 712 g/mol. The quantitative estimate of drug-likeness (QED) is 0.0315. The Morgan fingerprint density at radius 2 is 1.78 bits per heavy atom. The summed E-state index contributed by atoms with van der Waals surface area (Å²) in [5.74, 6) is -4.08. The number of Topliss-reactive ketones (excluding diaryl/α,β-unsaturated/α-hetero) is 2. The Kier molecular flexibility index (Phi) is 18.1. The zero-order chi connectivity index (χ0) is 37.4. The van der Waals surface area contributed by atoms with Gasteiger partial charge in [-0.1, -0.05) is 19.0 Å². The van der Waals surface area contributed by atoms with Crippen LogP contribution in [0.4, 0.5) is 0 Å². The van der Waals surface area contributed by atoms with Crippen molar-refractivity contribution >= 4 is 35.5 Å². The second kappa shape index (κ2) is 21.4. The van der Waals surface area contributed by atoms with Gasteiger partial charge in [-0.05, 0) is 25.2 Å². The first-order valence-electron chi connectivity index (χ1n) is 16.7. The molecule has 1 saturated heterocycles. The lowest BCUT2D eigenvalue weighted by atomic mass is 9.88. The number of aromatic amines is 1. The molecule has 8 atom stereocenters. The number of imidazole rings is 1. The van der Waals surface area contributed by atoms with Gasteiger partial charge in [-0.2, -0.15) is 0 Å². The van der Waals surface area contributed by atoms with Crippen LogP contribution >= 0.6 is 0 Å². The predicted molar refractivity (Wildman–Crippen MR) is 176 cm³/mol. The van der Waals surface area contributed by atoms with Crippen molar-refractivity contribution in [2.24, 2.45) is 22.9 Å². The Bertz CT molecular complexity index is 1260. The van der Waals surface area contributed by atoms with E-state index >= 15 is 0 Å². The third-order valence-corrected chi connectivity index (χ3v) is 8.39. The minimum Gasteiger partial charge on any atom is -0.396 e. The lowest BCUT2D eigenvalue weighted by Crippen LogP contribution is -2.48. The Hall–Kier alpha value is -3.81. The van der Waals surface area contributed by atoms with E-state index in [0.717, 1.165) is 6.21 Å². The summed E-state index contributed by atoms with van der Waals surface area (Å²) in [7, 11) is 0. The first-order valence-corrected chi connectivity index (χ1v) is 16.7. The fourth-order valence-corrected chi connectivity index (χ4v) is 5.63. The molecule has 0 spiro atoms. The lowest BCUT2D eigenvalue weighted by Gasteiger charge is -2.26. The average Bonchev–Trinajstić information content (AvgIpc) is 3.79. The summed E-state index contributed by atoms with van der Waals surface area (Å²) in [5, 5.41) is 65.9. The molecule has 2 heterocycles. The van der Waals surface area contributed by atoms with Gasteiger partial charge in [0.1, 0.15) is 31.0 Å². The van der Waals surface area contributed by atoms with Crippen molar-refractivity contribution in [3.05, 3.63) is 18.2 Å². The van der Waals surface area contributed by atoms with E-state index in [-0.39, 0.29) is 43.6 Å². The van der Waals surface area contributed by atoms with Gasteiger partial charge in [0.15, 0.2) is 11.6 Å². The Morgan fingerprint density at radius 1 is 1.06 bits per heavy atom. The van der Waals surface area contributed by atoms with Crippen LogP contribution in [0.2, 0.25) is 0 Å². The molecule has 1 aromatic rings. The van der Waals surface area contributed by atoms with Gasteiger partial charge in [0, 0.05) is 50.5 Å². The van der Waals surface area contributed by atoms with Crippen molar-refractivity contribution in [3.63, 3.8) is 0 Å². The highest BCUT2D eigenvalue weighted by Gasteiger charge is 2.36. The van der Waals surface area contributed by atoms with E-state index in [0.29, 0.717) is 31.5 Å². The molecule has 0 aliphatic carbocycles. The average molecular weight is 713 g/mol. The number of carbonyl (C=O) groups excluding carboxylic acids is 5. The fraction of sp³-hybridized carbons (Fsp3) is 0.719. The maximum absolute atomic E-state index is 13.6. The maximum Gasteiger partial charge on any atom is 0.226 e. The smallest absolute Gasteiger partial charge is 0.226 e. The largest absolute Gasteiger partial charge is 0.396 e. The van der Waals surface area contributed by atoms with Gasteiger partial charge in [-0.15, -0.1) is 0 Å². The molecule has 9 N–H and O–H groups in total. The van der Waals surface area contributed by atoms with Crippen LogP contribution < -0.4 is 10.6 Å². The molecule has 18 heteroatoms. The molecule has 2 rings (SSSR count). The number of likely N-dealkylation sites (tertiary alicyclic amines) is 1. The lowest BCUT2D eigenvalue weighted by molar-refractivity contribution is -0.138. The highest BCUT2D eigenvalue weighted by Crippen LogP contribution is 2.24. The van der Waals surface area contributed by atoms with Crippen molar-refractivity contribution < 1.29 is 59.4 Å². The first-order chi connectivity index (χ1) is 23.7. The number of oxime groups is 1. The molecule has 18 nitrogen and oxygen atoms in total. The summed E-state index contributed by atoms with van der Waals surface area (Å²) in [5.41, 5.74) is 0.530. The summed E-state index contributed by atoms with van der Waals surface area (Å²) in [6.07, 6.45) is -2.48. The van der Waals surface area contributed by atoms with E-state index in [4.69, 9.17) is 9.94 Å². The number of nitrogens with zero attached hydrogens (tertiary/aromatic N) is 3. The fourth-order valence-electron chi connectivity index (χ4n) is 5.63. The highest BCUT2D eigenvalue weighted by atomic mass is 16.6. The van der Waals surface area contributed by atoms with E-state index in [2.05, 4.69) is 25.8 Å². The van der Waals surface area contributed by atoms with E-state index in [1.165, 1.54) is 24.3 Å². The number of hydrogen-bond acceptors (Lipinski definition) is 14. The number of hydrogen-bond donors (Lipinski definition) is 9. The maximum atomic E-state index is 13.6. The molecular formula is C32H52N6O12. The summed E-state index contributed by atoms with van der Waals surface area (Å²) >= 11 is 0. The third-order valence-electron chi connectivity index (χ3n) is 8.39. The second-order valence-electron chi connectivity index (χ2n) is 12.9. The summed E-state index contributed by atoms with van der Waals surface area (Å²) in [6.45, 7) is 3.81. The van der Waals surface area contributed by atoms with Crippen molar-refractivity contribution in [1.29, 1.82) is 0 Å². The molecule has 0 aromatic carbocycles. The zero-order valence-electron chi connectivity index (χ0n) is 28.7. The summed E-state index contributed by atoms with van der Waals surface area (Å²) < 4.78 is 0. The molecule has 0 radical (unpaired) electrons. The topological polar surface area (TPSA) is 284 Å². The molecule has 3 amide bonds. The van der Waals surface area contributed by atoms with Crippen LogP contribution in [-0.2, 0) is 35.2 Å². The second-order valence-corrected chi connectivity index (χ2v) is 12.9. The van der Waals surface area contributed by atoms with Crippen LogP contribution in [0.3, 0.4) is 0 Å². The number of aliphatic hydroxyl groups excluding tert-OH is 6. The van der Waals surface area contributed by atoms with Gasteiger partial charge in [0.25, 0.3) is 0 Å². The van der Waals surface area contributed by atoms with Gasteiger partial charge in [0.05, 0.1) is 50.3 Å². The molecule has 1 aliphatic rings. The standard InChI is InChI=1S/C32H52N6O12/c1-18(2)9-20(10-26(43)24-5-4-7-38(24)19(3)41)32(49)37-23(12-22-13-33-17-35-22)25(42)11-21(15-39)31(48)34-6-8-50-36-14-27(44)29(46)30(47)28(45)16-40/h13-14,17-18,20-21,23-24,27-30,39-40,44-47H,4-12,15-16H2,1-3H3,(H,33,35)(H,34,48)(H,37,49)/b36-14+/t20-,21+,23+,24+,27?,28?,29?,30?/m1/s1. The van der Waals surface area contributed by atoms with Crippen LogP contribution in [0, 0.1) is 17.8 Å². The zero-order valence-corrected chi connectivity index (χ0v) is 28.7. The molecule has 1 aliphatic heterocycles. The normalized spacial score (nSPS) is 19.0. The first kappa shape index (κ1) is 42.4. The number of carbonyl (C=O) groups is 5. The Labute approximate surface area is 290 Å². The molecule has 50 heavy (non-hydrogen) atoms. The highest BCUT2D eigenvalue weighted by molar-refractivity contribution is 5.95. The van der Waals surface area contributed by atoms with Crippen LogP contribution in [0.1, 0.15) is 58.6 Å². The number of nitrogens with one attached hydrogen (secondary N) is 3. The van der Waals surface area contributed by atoms with Gasteiger partial charge in [-0.25, -0.2) is 4.98 Å². The molecule has 1 fully saturated rings. The number of aromatic nitrogens is 2. The SMILES string of the molecule is CC(=O)N1CCC[C@H]1C(=O)C[C@@H](CC(C)C)C(=O)N[C@@H](Cc1cnc[nH]1)C(=O)C[C@@H](CO)C(=O)NCCO/N=C/C(O)C(O)C(O)C(O)CO. The minimum atomic E-state index is -1.87. The van der Waals surface area contributed by atoms with E-state index in [1.807, 2.05) is 13.8 Å². The number of H-pyrrole nitrogens is 1. The van der Waals surface area contributed by atoms with Crippen LogP contribution in [0.25, 0.3) is 0 Å². The molecule has 1 aromatic heterocycles. The van der Waals surface area contributed by atoms with Crippen molar-refractivity contribution in [3.8, 4) is 0 Å². The van der Waals surface area contributed by atoms with E-state index < -0.39 is 85.6 Å². The van der Waals surface area contributed by atoms with E-state index in [9.17, 15) is 49.5 Å². The Balaban J connectivity index is 2.01. The van der Waals surface area contributed by atoms with Crippen LogP contribution in [-0.4, -0.2) is 150 Å². The Morgan fingerprint density at radius 3 is 2.38 bits per heavy atom. The number of ketones is 2. The molecule has 282 valence electrons.